The zero-order valence-electron chi connectivity index (χ0n) is 11.7. The lowest BCUT2D eigenvalue weighted by molar-refractivity contribution is 0.222. The fourth-order valence-electron chi connectivity index (χ4n) is 2.63. The van der Waals surface area contributed by atoms with Crippen LogP contribution in [0.5, 0.6) is 0 Å². The average molecular weight is 278 g/mol. The third-order valence-electron chi connectivity index (χ3n) is 3.85. The van der Waals surface area contributed by atoms with E-state index in [2.05, 4.69) is 28.9 Å². The highest BCUT2D eigenvalue weighted by Crippen LogP contribution is 2.22. The largest absolute Gasteiger partial charge is 0.389 e. The first-order valence-electron chi connectivity index (χ1n) is 6.71. The molecule has 0 unspecified atom stereocenters. The van der Waals surface area contributed by atoms with Gasteiger partial charge in [-0.3, -0.25) is 4.98 Å². The van der Waals surface area contributed by atoms with Crippen LogP contribution < -0.4 is 10.6 Å². The van der Waals surface area contributed by atoms with Crippen molar-refractivity contribution in [3.05, 3.63) is 24.0 Å². The summed E-state index contributed by atoms with van der Waals surface area (Å²) in [4.78, 5) is 9.25. The normalized spacial score (nSPS) is 17.4. The standard InChI is InChI=1S/C14H22N4S/c1-17-7-4-11(5-8-17)10-18(2)13-9-16-6-3-12(13)14(15)19/h3,6,9,11H,4-5,7-8,10H2,1-2H3,(H2,15,19). The Morgan fingerprint density at radius 3 is 2.84 bits per heavy atom. The quantitative estimate of drug-likeness (QED) is 0.846. The number of rotatable bonds is 4. The molecule has 0 amide bonds. The molecular weight excluding hydrogens is 256 g/mol. The Labute approximate surface area is 120 Å². The van der Waals surface area contributed by atoms with E-state index in [0.29, 0.717) is 4.99 Å². The molecule has 2 heterocycles. The molecule has 4 nitrogen and oxygen atoms in total. The second-order valence-electron chi connectivity index (χ2n) is 5.38. The van der Waals surface area contributed by atoms with Gasteiger partial charge in [0.1, 0.15) is 4.99 Å². The number of piperidine rings is 1. The number of pyridine rings is 1. The van der Waals surface area contributed by atoms with Gasteiger partial charge in [-0.25, -0.2) is 0 Å². The van der Waals surface area contributed by atoms with Crippen molar-refractivity contribution in [3.63, 3.8) is 0 Å². The second kappa shape index (κ2) is 6.30. The van der Waals surface area contributed by atoms with Crippen LogP contribution in [0.3, 0.4) is 0 Å². The van der Waals surface area contributed by atoms with Gasteiger partial charge in [0.25, 0.3) is 0 Å². The summed E-state index contributed by atoms with van der Waals surface area (Å²) in [7, 11) is 4.28. The van der Waals surface area contributed by atoms with Crippen LogP contribution in [0.4, 0.5) is 5.69 Å². The summed E-state index contributed by atoms with van der Waals surface area (Å²) in [5.74, 6) is 0.737. The van der Waals surface area contributed by atoms with Gasteiger partial charge in [-0.15, -0.1) is 0 Å². The SMILES string of the molecule is CN1CCC(CN(C)c2cnccc2C(N)=S)CC1. The van der Waals surface area contributed by atoms with Crippen LogP contribution in [0.2, 0.25) is 0 Å². The fourth-order valence-corrected chi connectivity index (χ4v) is 2.80. The van der Waals surface area contributed by atoms with Crippen LogP contribution in [0.25, 0.3) is 0 Å². The molecule has 1 aromatic rings. The molecule has 5 heteroatoms. The van der Waals surface area contributed by atoms with Crippen molar-refractivity contribution < 1.29 is 0 Å². The number of likely N-dealkylation sites (tertiary alicyclic amines) is 1. The van der Waals surface area contributed by atoms with Crippen LogP contribution in [-0.4, -0.2) is 48.6 Å². The minimum absolute atomic E-state index is 0.438. The van der Waals surface area contributed by atoms with Crippen molar-refractivity contribution >= 4 is 22.9 Å². The predicted molar refractivity (Wildman–Crippen MR) is 83.6 cm³/mol. The molecule has 2 rings (SSSR count). The minimum Gasteiger partial charge on any atom is -0.389 e. The Bertz CT molecular complexity index is 441. The maximum absolute atomic E-state index is 5.77. The molecule has 0 atom stereocenters. The van der Waals surface area contributed by atoms with Crippen molar-refractivity contribution in [3.8, 4) is 0 Å². The van der Waals surface area contributed by atoms with Gasteiger partial charge >= 0.3 is 0 Å². The molecule has 0 bridgehead atoms. The second-order valence-corrected chi connectivity index (χ2v) is 5.82. The van der Waals surface area contributed by atoms with E-state index >= 15 is 0 Å². The van der Waals surface area contributed by atoms with Crippen LogP contribution in [0.15, 0.2) is 18.5 Å². The Kier molecular flexibility index (Phi) is 4.71. The first-order valence-corrected chi connectivity index (χ1v) is 7.12. The average Bonchev–Trinajstić information content (AvgIpc) is 2.41. The highest BCUT2D eigenvalue weighted by Gasteiger charge is 2.19. The first kappa shape index (κ1) is 14.2. The lowest BCUT2D eigenvalue weighted by Gasteiger charge is -2.32. The maximum Gasteiger partial charge on any atom is 0.106 e. The van der Waals surface area contributed by atoms with Crippen molar-refractivity contribution in [2.75, 3.05) is 38.6 Å². The van der Waals surface area contributed by atoms with Gasteiger partial charge in [-0.2, -0.15) is 0 Å². The zero-order chi connectivity index (χ0) is 13.8. The summed E-state index contributed by atoms with van der Waals surface area (Å²) in [6, 6.07) is 1.89. The van der Waals surface area contributed by atoms with E-state index in [1.165, 1.54) is 25.9 Å². The van der Waals surface area contributed by atoms with Crippen LogP contribution in [-0.2, 0) is 0 Å². The van der Waals surface area contributed by atoms with Gasteiger partial charge < -0.3 is 15.5 Å². The van der Waals surface area contributed by atoms with Gasteiger partial charge in [-0.05, 0) is 45.0 Å². The number of thiocarbonyl (C=S) groups is 1. The van der Waals surface area contributed by atoms with Crippen LogP contribution in [0.1, 0.15) is 18.4 Å². The van der Waals surface area contributed by atoms with Crippen molar-refractivity contribution in [2.24, 2.45) is 11.7 Å². The molecular formula is C14H22N4S. The van der Waals surface area contributed by atoms with Gasteiger partial charge in [0.15, 0.2) is 0 Å². The predicted octanol–water partition coefficient (Wildman–Crippen LogP) is 1.49. The molecule has 0 radical (unpaired) electrons. The first-order chi connectivity index (χ1) is 9.08. The van der Waals surface area contributed by atoms with Gasteiger partial charge in [0, 0.05) is 25.4 Å². The Balaban J connectivity index is 2.03. The minimum atomic E-state index is 0.438. The summed E-state index contributed by atoms with van der Waals surface area (Å²) in [5, 5.41) is 0. The lowest BCUT2D eigenvalue weighted by Crippen LogP contribution is -2.36. The molecule has 1 saturated heterocycles. The van der Waals surface area contributed by atoms with E-state index in [4.69, 9.17) is 18.0 Å². The molecule has 19 heavy (non-hydrogen) atoms. The Hall–Kier alpha value is -1.20. The number of aromatic nitrogens is 1. The summed E-state index contributed by atoms with van der Waals surface area (Å²) in [6.45, 7) is 3.41. The van der Waals surface area contributed by atoms with Crippen molar-refractivity contribution in [2.45, 2.75) is 12.8 Å². The molecule has 0 saturated carbocycles. The van der Waals surface area contributed by atoms with E-state index in [0.717, 1.165) is 23.7 Å². The number of hydrogen-bond acceptors (Lipinski definition) is 4. The van der Waals surface area contributed by atoms with Crippen molar-refractivity contribution in [1.82, 2.24) is 9.88 Å². The fraction of sp³-hybridized carbons (Fsp3) is 0.571. The molecule has 0 spiro atoms. The van der Waals surface area contributed by atoms with Crippen molar-refractivity contribution in [1.29, 1.82) is 0 Å². The highest BCUT2D eigenvalue weighted by molar-refractivity contribution is 7.80. The molecule has 1 aliphatic rings. The Morgan fingerprint density at radius 2 is 2.21 bits per heavy atom. The smallest absolute Gasteiger partial charge is 0.106 e. The monoisotopic (exact) mass is 278 g/mol. The summed E-state index contributed by atoms with van der Waals surface area (Å²) in [5.41, 5.74) is 7.73. The third kappa shape index (κ3) is 3.64. The van der Waals surface area contributed by atoms with E-state index in [1.807, 2.05) is 12.3 Å². The van der Waals surface area contributed by atoms with E-state index in [1.54, 1.807) is 6.20 Å². The molecule has 0 aromatic carbocycles. The summed E-state index contributed by atoms with van der Waals surface area (Å²) >= 11 is 5.11. The van der Waals surface area contributed by atoms with Crippen LogP contribution in [0, 0.1) is 5.92 Å². The number of nitrogens with two attached hydrogens (primary N) is 1. The molecule has 0 aliphatic carbocycles. The molecule has 1 aromatic heterocycles. The van der Waals surface area contributed by atoms with E-state index in [9.17, 15) is 0 Å². The molecule has 1 fully saturated rings. The number of nitrogens with zero attached hydrogens (tertiary/aromatic N) is 3. The molecule has 104 valence electrons. The highest BCUT2D eigenvalue weighted by atomic mass is 32.1. The number of hydrogen-bond donors (Lipinski definition) is 1. The van der Waals surface area contributed by atoms with E-state index < -0.39 is 0 Å². The summed E-state index contributed by atoms with van der Waals surface area (Å²) < 4.78 is 0. The van der Waals surface area contributed by atoms with Gasteiger partial charge in [0.2, 0.25) is 0 Å². The van der Waals surface area contributed by atoms with Gasteiger partial charge in [0.05, 0.1) is 11.9 Å². The topological polar surface area (TPSA) is 45.4 Å². The maximum atomic E-state index is 5.77. The lowest BCUT2D eigenvalue weighted by atomic mass is 9.96. The van der Waals surface area contributed by atoms with Gasteiger partial charge in [-0.1, -0.05) is 12.2 Å². The van der Waals surface area contributed by atoms with E-state index in [-0.39, 0.29) is 0 Å². The molecule has 2 N–H and O–H groups in total. The zero-order valence-corrected chi connectivity index (χ0v) is 12.5. The Morgan fingerprint density at radius 1 is 1.53 bits per heavy atom. The third-order valence-corrected chi connectivity index (χ3v) is 4.07. The van der Waals surface area contributed by atoms with Crippen LogP contribution >= 0.6 is 12.2 Å². The molecule has 1 aliphatic heterocycles. The summed E-state index contributed by atoms with van der Waals surface area (Å²) in [6.07, 6.45) is 6.10. The number of anilines is 1.